The summed E-state index contributed by atoms with van der Waals surface area (Å²) in [7, 11) is 0. The fourth-order valence-electron chi connectivity index (χ4n) is 8.73. The van der Waals surface area contributed by atoms with Gasteiger partial charge in [-0.2, -0.15) is 0 Å². The van der Waals surface area contributed by atoms with Gasteiger partial charge in [-0.05, 0) is 77.7 Å². The third kappa shape index (κ3) is 35.6. The van der Waals surface area contributed by atoms with Gasteiger partial charge in [-0.3, -0.25) is 29.0 Å². The van der Waals surface area contributed by atoms with Crippen LogP contribution in [0, 0.1) is 0 Å². The lowest BCUT2D eigenvalue weighted by atomic mass is 10.1. The SMILES string of the molecule is CCCCCCCCCN(CCCC(=O)OCCCCC)CCN(CCCCCCCCC)CC(=O)N1CCN(C(=O)CN(CCCCCCCCC)CCCC(=O)OCCCC)CC1. The molecule has 11 nitrogen and oxygen atoms in total. The molecule has 1 aliphatic rings. The molecular weight excluding hydrogens is 815 g/mol. The van der Waals surface area contributed by atoms with Crippen LogP contribution in [-0.4, -0.2) is 147 Å². The second-order valence-electron chi connectivity index (χ2n) is 19.2. The lowest BCUT2D eigenvalue weighted by Crippen LogP contribution is -2.54. The monoisotopic (exact) mass is 920 g/mol. The Kier molecular flexibility index (Phi) is 41.4. The highest BCUT2D eigenvalue weighted by Gasteiger charge is 2.26. The van der Waals surface area contributed by atoms with Crippen LogP contribution in [0.4, 0.5) is 0 Å². The number of unbranched alkanes of at least 4 members (excludes halogenated alkanes) is 21. The minimum atomic E-state index is -0.143. The van der Waals surface area contributed by atoms with Crippen LogP contribution in [-0.2, 0) is 28.7 Å². The number of amides is 2. The van der Waals surface area contributed by atoms with Gasteiger partial charge in [-0.25, -0.2) is 0 Å². The maximum absolute atomic E-state index is 14.0. The van der Waals surface area contributed by atoms with E-state index in [0.717, 1.165) is 103 Å². The van der Waals surface area contributed by atoms with Crippen LogP contribution in [0.25, 0.3) is 0 Å². The molecule has 0 bridgehead atoms. The van der Waals surface area contributed by atoms with E-state index in [2.05, 4.69) is 49.3 Å². The highest BCUT2D eigenvalue weighted by Crippen LogP contribution is 2.13. The van der Waals surface area contributed by atoms with E-state index in [-0.39, 0.29) is 23.8 Å². The van der Waals surface area contributed by atoms with Crippen molar-refractivity contribution in [1.82, 2.24) is 24.5 Å². The van der Waals surface area contributed by atoms with E-state index in [1.54, 1.807) is 0 Å². The smallest absolute Gasteiger partial charge is 0.305 e. The molecule has 0 spiro atoms. The molecule has 1 heterocycles. The molecule has 0 saturated carbocycles. The third-order valence-electron chi connectivity index (χ3n) is 13.2. The molecular formula is C54H105N5O6. The van der Waals surface area contributed by atoms with Crippen molar-refractivity contribution in [3.63, 3.8) is 0 Å². The van der Waals surface area contributed by atoms with Crippen molar-refractivity contribution >= 4 is 23.8 Å². The molecule has 0 aromatic carbocycles. The van der Waals surface area contributed by atoms with Crippen molar-refractivity contribution in [3.05, 3.63) is 0 Å². The molecule has 1 saturated heterocycles. The van der Waals surface area contributed by atoms with Gasteiger partial charge in [0.1, 0.15) is 0 Å². The summed E-state index contributed by atoms with van der Waals surface area (Å²) in [4.78, 5) is 63.5. The number of carbonyl (C=O) groups excluding carboxylic acids is 4. The third-order valence-corrected chi connectivity index (χ3v) is 13.2. The zero-order valence-electron chi connectivity index (χ0n) is 43.5. The summed E-state index contributed by atoms with van der Waals surface area (Å²) in [6, 6.07) is 0. The predicted octanol–water partition coefficient (Wildman–Crippen LogP) is 11.5. The van der Waals surface area contributed by atoms with Crippen LogP contribution < -0.4 is 0 Å². The number of esters is 2. The zero-order valence-corrected chi connectivity index (χ0v) is 43.5. The second kappa shape index (κ2) is 44.3. The van der Waals surface area contributed by atoms with Gasteiger partial charge in [0.25, 0.3) is 0 Å². The average Bonchev–Trinajstić information content (AvgIpc) is 3.30. The Morgan fingerprint density at radius 3 is 1.05 bits per heavy atom. The molecule has 2 amide bonds. The van der Waals surface area contributed by atoms with Gasteiger partial charge in [-0.1, -0.05) is 169 Å². The van der Waals surface area contributed by atoms with E-state index in [9.17, 15) is 19.2 Å². The van der Waals surface area contributed by atoms with Crippen LogP contribution in [0.2, 0.25) is 0 Å². The fraction of sp³-hybridized carbons (Fsp3) is 0.926. The van der Waals surface area contributed by atoms with Crippen molar-refractivity contribution in [1.29, 1.82) is 0 Å². The van der Waals surface area contributed by atoms with Crippen LogP contribution in [0.15, 0.2) is 0 Å². The van der Waals surface area contributed by atoms with Crippen molar-refractivity contribution in [3.8, 4) is 0 Å². The first-order valence-electron chi connectivity index (χ1n) is 27.8. The summed E-state index contributed by atoms with van der Waals surface area (Å²) in [5.41, 5.74) is 0. The van der Waals surface area contributed by atoms with Crippen LogP contribution in [0.1, 0.15) is 227 Å². The van der Waals surface area contributed by atoms with E-state index in [0.29, 0.717) is 78.3 Å². The minimum absolute atomic E-state index is 0.0810. The summed E-state index contributed by atoms with van der Waals surface area (Å²) in [5, 5.41) is 0. The molecule has 0 aliphatic carbocycles. The second-order valence-corrected chi connectivity index (χ2v) is 19.2. The zero-order chi connectivity index (χ0) is 47.4. The fourth-order valence-corrected chi connectivity index (χ4v) is 8.73. The number of ether oxygens (including phenoxy) is 2. The lowest BCUT2D eigenvalue weighted by molar-refractivity contribution is -0.144. The Labute approximate surface area is 401 Å². The lowest BCUT2D eigenvalue weighted by Gasteiger charge is -2.37. The van der Waals surface area contributed by atoms with Gasteiger partial charge in [-0.15, -0.1) is 0 Å². The Morgan fingerprint density at radius 2 is 0.631 bits per heavy atom. The number of hydrogen-bond acceptors (Lipinski definition) is 9. The van der Waals surface area contributed by atoms with E-state index in [1.807, 2.05) is 9.80 Å². The average molecular weight is 920 g/mol. The minimum Gasteiger partial charge on any atom is -0.466 e. The highest BCUT2D eigenvalue weighted by atomic mass is 16.5. The Hall–Kier alpha value is -2.24. The molecule has 1 fully saturated rings. The number of carbonyl (C=O) groups is 4. The molecule has 382 valence electrons. The first kappa shape index (κ1) is 60.8. The van der Waals surface area contributed by atoms with Gasteiger partial charge in [0, 0.05) is 52.1 Å². The topological polar surface area (TPSA) is 103 Å². The van der Waals surface area contributed by atoms with Crippen molar-refractivity contribution in [2.45, 2.75) is 227 Å². The molecule has 11 heteroatoms. The number of nitrogens with zero attached hydrogens (tertiary/aromatic N) is 5. The standard InChI is InChI=1S/C54H105N5O6/c1-6-11-16-19-22-25-28-36-55(39-32-34-54(63)65-48-31-14-9-4)41-42-57(38-30-27-24-21-18-13-8-3)50-52(61)59-45-43-58(44-46-59)51(60)49-56(37-29-26-23-20-17-12-7-2)40-33-35-53(62)64-47-15-10-5/h6-50H2,1-5H3. The molecule has 1 rings (SSSR count). The van der Waals surface area contributed by atoms with Gasteiger partial charge < -0.3 is 24.2 Å². The molecule has 0 N–H and O–H groups in total. The molecule has 0 radical (unpaired) electrons. The summed E-state index contributed by atoms with van der Waals surface area (Å²) in [6.45, 7) is 21.2. The van der Waals surface area contributed by atoms with E-state index in [4.69, 9.17) is 9.47 Å². The summed E-state index contributed by atoms with van der Waals surface area (Å²) in [5.74, 6) is 0.0607. The van der Waals surface area contributed by atoms with Gasteiger partial charge >= 0.3 is 11.9 Å². The molecule has 0 aromatic rings. The quantitative estimate of drug-likeness (QED) is 0.0436. The molecule has 1 aliphatic heterocycles. The van der Waals surface area contributed by atoms with E-state index in [1.165, 1.54) is 109 Å². The van der Waals surface area contributed by atoms with Crippen molar-refractivity contribution < 1.29 is 28.7 Å². The highest BCUT2D eigenvalue weighted by molar-refractivity contribution is 5.80. The van der Waals surface area contributed by atoms with Crippen molar-refractivity contribution in [2.24, 2.45) is 0 Å². The van der Waals surface area contributed by atoms with Crippen LogP contribution >= 0.6 is 0 Å². The summed E-state index contributed by atoms with van der Waals surface area (Å²) >= 11 is 0. The van der Waals surface area contributed by atoms with Crippen LogP contribution in [0.3, 0.4) is 0 Å². The van der Waals surface area contributed by atoms with E-state index < -0.39 is 0 Å². The summed E-state index contributed by atoms with van der Waals surface area (Å²) < 4.78 is 10.9. The number of rotatable bonds is 46. The van der Waals surface area contributed by atoms with Gasteiger partial charge in [0.2, 0.25) is 11.8 Å². The number of hydrogen-bond donors (Lipinski definition) is 0. The first-order chi connectivity index (χ1) is 31.8. The van der Waals surface area contributed by atoms with Crippen molar-refractivity contribution in [2.75, 3.05) is 98.3 Å². The molecule has 0 atom stereocenters. The molecule has 0 unspecified atom stereocenters. The predicted molar refractivity (Wildman–Crippen MR) is 271 cm³/mol. The van der Waals surface area contributed by atoms with Crippen LogP contribution in [0.5, 0.6) is 0 Å². The molecule has 0 aromatic heterocycles. The maximum atomic E-state index is 14.0. The maximum Gasteiger partial charge on any atom is 0.305 e. The largest absolute Gasteiger partial charge is 0.466 e. The normalized spacial score (nSPS) is 13.1. The summed E-state index contributed by atoms with van der Waals surface area (Å²) in [6.07, 6.45) is 33.5. The Morgan fingerprint density at radius 1 is 0.338 bits per heavy atom. The Bertz CT molecular complexity index is 1130. The van der Waals surface area contributed by atoms with Gasteiger partial charge in [0.05, 0.1) is 26.3 Å². The van der Waals surface area contributed by atoms with Gasteiger partial charge in [0.15, 0.2) is 0 Å². The Balaban J connectivity index is 2.84. The van der Waals surface area contributed by atoms with E-state index >= 15 is 0 Å². The molecule has 65 heavy (non-hydrogen) atoms. The number of piperazine rings is 1. The first-order valence-corrected chi connectivity index (χ1v) is 27.8.